The lowest BCUT2D eigenvalue weighted by molar-refractivity contribution is -0.121. The van der Waals surface area contributed by atoms with Gasteiger partial charge < -0.3 is 0 Å². The predicted octanol–water partition coefficient (Wildman–Crippen LogP) is 4.97. The molecule has 0 aliphatic carbocycles. The van der Waals surface area contributed by atoms with Crippen LogP contribution in [0.4, 0.5) is 5.69 Å². The first-order valence-electron chi connectivity index (χ1n) is 10.2. The summed E-state index contributed by atoms with van der Waals surface area (Å²) in [5, 5.41) is 3.51. The number of rotatable bonds is 12. The molecule has 1 aromatic carbocycles. The molecule has 2 rings (SSSR count). The number of carbonyl (C=O) groups is 1. The summed E-state index contributed by atoms with van der Waals surface area (Å²) in [6.07, 6.45) is 5.68. The van der Waals surface area contributed by atoms with Crippen molar-refractivity contribution in [2.24, 2.45) is 11.0 Å². The van der Waals surface area contributed by atoms with Gasteiger partial charge in [0.25, 0.3) is 5.91 Å². The maximum Gasteiger partial charge on any atom is 0.266 e. The average molecular weight is 482 g/mol. The molecular weight excluding hydrogens is 454 g/mol. The molecule has 1 aliphatic heterocycles. The zero-order valence-corrected chi connectivity index (χ0v) is 20.1. The highest BCUT2D eigenvalue weighted by atomic mass is 32.2. The number of carbonyl (C=O) groups excluding carboxylic acids is 1. The van der Waals surface area contributed by atoms with E-state index in [0.717, 1.165) is 43.0 Å². The number of nitrogens with one attached hydrogen (secondary N) is 1. The highest BCUT2D eigenvalue weighted by molar-refractivity contribution is 8.26. The Morgan fingerprint density at radius 3 is 2.58 bits per heavy atom. The van der Waals surface area contributed by atoms with E-state index in [-0.39, 0.29) is 18.2 Å². The fraction of sp³-hybridized carbons (Fsp3) is 0.500. The van der Waals surface area contributed by atoms with Crippen LogP contribution in [-0.2, 0) is 14.8 Å². The van der Waals surface area contributed by atoms with Crippen LogP contribution in [0.5, 0.6) is 0 Å². The highest BCUT2D eigenvalue weighted by Crippen LogP contribution is 2.32. The fourth-order valence-electron chi connectivity index (χ4n) is 3.13. The van der Waals surface area contributed by atoms with Crippen molar-refractivity contribution in [3.63, 3.8) is 0 Å². The summed E-state index contributed by atoms with van der Waals surface area (Å²) in [6.45, 7) is 4.71. The number of thioether (sulfide) groups is 1. The molecular formula is C20H27N5O3S3. The van der Waals surface area contributed by atoms with Crippen molar-refractivity contribution >= 4 is 56.0 Å². The molecule has 0 unspecified atom stereocenters. The number of benzene rings is 1. The van der Waals surface area contributed by atoms with Crippen LogP contribution in [0.2, 0.25) is 0 Å². The summed E-state index contributed by atoms with van der Waals surface area (Å²) >= 11 is 6.42. The third-order valence-corrected chi connectivity index (χ3v) is 7.82. The summed E-state index contributed by atoms with van der Waals surface area (Å²) < 4.78 is 27.5. The number of hydrogen-bond donors (Lipinski definition) is 1. The number of sulfonamides is 1. The molecule has 168 valence electrons. The smallest absolute Gasteiger partial charge is 0.266 e. The second-order valence-electron chi connectivity index (χ2n) is 7.15. The van der Waals surface area contributed by atoms with E-state index in [9.17, 15) is 13.2 Å². The molecule has 1 heterocycles. The fourth-order valence-corrected chi connectivity index (χ4v) is 5.46. The van der Waals surface area contributed by atoms with Crippen LogP contribution in [0.15, 0.2) is 34.3 Å². The average Bonchev–Trinajstić information content (AvgIpc) is 3.01. The van der Waals surface area contributed by atoms with Crippen molar-refractivity contribution < 1.29 is 13.2 Å². The van der Waals surface area contributed by atoms with Crippen LogP contribution >= 0.6 is 24.0 Å². The van der Waals surface area contributed by atoms with E-state index >= 15 is 0 Å². The minimum Gasteiger partial charge on any atom is -0.292 e. The number of azide groups is 1. The van der Waals surface area contributed by atoms with E-state index in [1.54, 1.807) is 30.3 Å². The molecule has 0 atom stereocenters. The minimum atomic E-state index is -3.49. The van der Waals surface area contributed by atoms with E-state index < -0.39 is 10.0 Å². The van der Waals surface area contributed by atoms with Gasteiger partial charge >= 0.3 is 0 Å². The molecule has 1 N–H and O–H groups in total. The second-order valence-corrected chi connectivity index (χ2v) is 10.8. The number of amides is 1. The van der Waals surface area contributed by atoms with Gasteiger partial charge in [0.1, 0.15) is 4.32 Å². The second kappa shape index (κ2) is 12.2. The Hall–Kier alpha value is -1.91. The largest absolute Gasteiger partial charge is 0.292 e. The van der Waals surface area contributed by atoms with E-state index in [2.05, 4.69) is 28.6 Å². The molecule has 1 fully saturated rings. The number of nitrogens with zero attached hydrogens (tertiary/aromatic N) is 4. The molecule has 1 aliphatic rings. The van der Waals surface area contributed by atoms with Gasteiger partial charge in [0.15, 0.2) is 0 Å². The summed E-state index contributed by atoms with van der Waals surface area (Å²) in [5.41, 5.74) is 9.68. The monoisotopic (exact) mass is 481 g/mol. The third-order valence-electron chi connectivity index (χ3n) is 5.07. The lowest BCUT2D eigenvalue weighted by Crippen LogP contribution is -2.37. The Labute approximate surface area is 193 Å². The molecule has 0 spiro atoms. The molecule has 1 saturated heterocycles. The molecule has 8 nitrogen and oxygen atoms in total. The van der Waals surface area contributed by atoms with E-state index in [1.165, 1.54) is 4.90 Å². The van der Waals surface area contributed by atoms with Gasteiger partial charge in [-0.2, -0.15) is 0 Å². The van der Waals surface area contributed by atoms with Crippen LogP contribution in [0.1, 0.15) is 45.1 Å². The van der Waals surface area contributed by atoms with Crippen molar-refractivity contribution in [1.82, 2.24) is 9.62 Å². The van der Waals surface area contributed by atoms with Gasteiger partial charge in [-0.05, 0) is 35.9 Å². The molecule has 0 saturated carbocycles. The normalized spacial score (nSPS) is 15.7. The molecule has 0 radical (unpaired) electrons. The maximum absolute atomic E-state index is 12.7. The molecule has 1 amide bonds. The molecule has 31 heavy (non-hydrogen) atoms. The van der Waals surface area contributed by atoms with Gasteiger partial charge in [0, 0.05) is 23.7 Å². The van der Waals surface area contributed by atoms with Crippen molar-refractivity contribution in [2.75, 3.05) is 18.8 Å². The molecule has 0 aromatic heterocycles. The minimum absolute atomic E-state index is 0.0136. The first kappa shape index (κ1) is 25.4. The molecule has 11 heteroatoms. The Balaban J connectivity index is 1.90. The Bertz CT molecular complexity index is 966. The Morgan fingerprint density at radius 2 is 1.97 bits per heavy atom. The molecule has 0 bridgehead atoms. The predicted molar refractivity (Wildman–Crippen MR) is 130 cm³/mol. The van der Waals surface area contributed by atoms with Crippen molar-refractivity contribution in [3.8, 4) is 0 Å². The lowest BCUT2D eigenvalue weighted by Gasteiger charge is -2.15. The van der Waals surface area contributed by atoms with Gasteiger partial charge in [0.05, 0.1) is 10.7 Å². The van der Waals surface area contributed by atoms with E-state index in [1.807, 2.05) is 0 Å². The first-order chi connectivity index (χ1) is 14.8. The van der Waals surface area contributed by atoms with Crippen molar-refractivity contribution in [3.05, 3.63) is 45.2 Å². The topological polar surface area (TPSA) is 115 Å². The summed E-state index contributed by atoms with van der Waals surface area (Å²) in [7, 11) is -3.49. The zero-order valence-electron chi connectivity index (χ0n) is 17.7. The maximum atomic E-state index is 12.7. The van der Waals surface area contributed by atoms with Crippen LogP contribution in [0, 0.1) is 5.92 Å². The lowest BCUT2D eigenvalue weighted by atomic mass is 9.98. The first-order valence-corrected chi connectivity index (χ1v) is 13.0. The van der Waals surface area contributed by atoms with Gasteiger partial charge in [-0.15, -0.1) is 0 Å². The summed E-state index contributed by atoms with van der Waals surface area (Å²) in [6, 6.07) is 6.75. The summed E-state index contributed by atoms with van der Waals surface area (Å²) in [5.74, 6) is 0.123. The number of hydrogen-bond acceptors (Lipinski definition) is 6. The Kier molecular flexibility index (Phi) is 9.98. The van der Waals surface area contributed by atoms with Gasteiger partial charge in [0.2, 0.25) is 10.0 Å². The quantitative estimate of drug-likeness (QED) is 0.113. The van der Waals surface area contributed by atoms with Crippen LogP contribution in [-0.4, -0.2) is 42.4 Å². The summed E-state index contributed by atoms with van der Waals surface area (Å²) in [4.78, 5) is 17.1. The van der Waals surface area contributed by atoms with Crippen molar-refractivity contribution in [1.29, 1.82) is 0 Å². The van der Waals surface area contributed by atoms with E-state index in [4.69, 9.17) is 17.7 Å². The van der Waals surface area contributed by atoms with Gasteiger partial charge in [-0.25, -0.2) is 13.1 Å². The van der Waals surface area contributed by atoms with Crippen LogP contribution < -0.4 is 4.72 Å². The SMILES string of the molecule is CCC(CC)CCCNS(=O)(=O)CCN1C(=O)C(=Cc2ccc(N=[N+]=[N-])cc2)SC1=S. The van der Waals surface area contributed by atoms with Gasteiger partial charge in [-0.3, -0.25) is 9.69 Å². The zero-order chi connectivity index (χ0) is 22.9. The van der Waals surface area contributed by atoms with Crippen LogP contribution in [0.25, 0.3) is 16.5 Å². The highest BCUT2D eigenvalue weighted by Gasteiger charge is 2.32. The standard InChI is InChI=1S/C20H27N5O3S3/c1-3-15(4-2)6-5-11-22-31(27,28)13-12-25-19(26)18(30-20(25)29)14-16-7-9-17(10-8-16)23-24-21/h7-10,14-15,22H,3-6,11-13H2,1-2H3. The third kappa shape index (κ3) is 7.93. The van der Waals surface area contributed by atoms with Crippen molar-refractivity contribution in [2.45, 2.75) is 39.5 Å². The number of thiocarbonyl (C=S) groups is 1. The molecule has 1 aromatic rings. The van der Waals surface area contributed by atoms with Crippen LogP contribution in [0.3, 0.4) is 0 Å². The van der Waals surface area contributed by atoms with Gasteiger partial charge in [-0.1, -0.05) is 80.0 Å². The Morgan fingerprint density at radius 1 is 1.29 bits per heavy atom. The van der Waals surface area contributed by atoms with E-state index in [0.29, 0.717) is 27.4 Å².